The molecule has 0 aromatic rings. The maximum Gasteiger partial charge on any atom is 0.341 e. The number of ether oxygens (including phenoxy) is 3. The molecular weight excluding hydrogens is 260 g/mol. The molecule has 0 unspecified atom stereocenters. The zero-order chi connectivity index (χ0) is 15.6. The highest BCUT2D eigenvalue weighted by Crippen LogP contribution is 2.40. The quantitative estimate of drug-likeness (QED) is 0.727. The van der Waals surface area contributed by atoms with Crippen LogP contribution in [-0.4, -0.2) is 30.9 Å². The average Bonchev–Trinajstić information content (AvgIpc) is 2.64. The molecule has 1 aliphatic heterocycles. The van der Waals surface area contributed by atoms with Gasteiger partial charge in [0, 0.05) is 5.41 Å². The van der Waals surface area contributed by atoms with Gasteiger partial charge in [0.05, 0.1) is 13.5 Å². The molecule has 0 N–H and O–H groups in total. The summed E-state index contributed by atoms with van der Waals surface area (Å²) in [5, 5.41) is 0. The highest BCUT2D eigenvalue weighted by molar-refractivity contribution is 5.87. The summed E-state index contributed by atoms with van der Waals surface area (Å²) in [6, 6.07) is 0. The minimum Gasteiger partial charge on any atom is -0.469 e. The molecule has 0 bridgehead atoms. The predicted molar refractivity (Wildman–Crippen MR) is 73.9 cm³/mol. The van der Waals surface area contributed by atoms with Crippen molar-refractivity contribution in [1.82, 2.24) is 0 Å². The van der Waals surface area contributed by atoms with E-state index >= 15 is 0 Å². The predicted octanol–water partition coefficient (Wildman–Crippen LogP) is 2.67. The Bertz CT molecular complexity index is 369. The fraction of sp³-hybridized carbons (Fsp3) is 0.867. The second kappa shape index (κ2) is 6.12. The molecule has 0 saturated carbocycles. The van der Waals surface area contributed by atoms with Gasteiger partial charge in [0.1, 0.15) is 0 Å². The van der Waals surface area contributed by atoms with E-state index in [2.05, 4.69) is 18.6 Å². The number of cyclic esters (lactones) is 1. The van der Waals surface area contributed by atoms with Crippen LogP contribution in [0, 0.1) is 11.3 Å². The second-order valence-electron chi connectivity index (χ2n) is 6.90. The third-order valence-electron chi connectivity index (χ3n) is 3.41. The number of methoxy groups -OCH3 is 1. The molecule has 0 aliphatic carbocycles. The van der Waals surface area contributed by atoms with E-state index in [1.165, 1.54) is 7.11 Å². The lowest BCUT2D eigenvalue weighted by Gasteiger charge is -2.28. The molecule has 0 spiro atoms. The Balaban J connectivity index is 2.93. The molecule has 1 aliphatic rings. The van der Waals surface area contributed by atoms with Crippen LogP contribution in [0.1, 0.15) is 53.9 Å². The summed E-state index contributed by atoms with van der Waals surface area (Å²) in [4.78, 5) is 23.9. The Morgan fingerprint density at radius 2 is 2.00 bits per heavy atom. The Hall–Kier alpha value is -1.10. The van der Waals surface area contributed by atoms with Gasteiger partial charge in [-0.3, -0.25) is 4.79 Å². The molecular formula is C15H26O5. The largest absolute Gasteiger partial charge is 0.469 e. The van der Waals surface area contributed by atoms with Crippen LogP contribution in [0.4, 0.5) is 0 Å². The molecule has 0 radical (unpaired) electrons. The van der Waals surface area contributed by atoms with E-state index in [0.29, 0.717) is 12.3 Å². The first-order valence-electron chi connectivity index (χ1n) is 7.06. The van der Waals surface area contributed by atoms with Crippen LogP contribution in [0.5, 0.6) is 0 Å². The molecule has 1 saturated heterocycles. The molecule has 20 heavy (non-hydrogen) atoms. The zero-order valence-corrected chi connectivity index (χ0v) is 13.3. The maximum atomic E-state index is 12.3. The molecule has 5 heteroatoms. The number of hydrogen-bond donors (Lipinski definition) is 0. The number of esters is 2. The Morgan fingerprint density at radius 1 is 1.40 bits per heavy atom. The Labute approximate surface area is 121 Å². The van der Waals surface area contributed by atoms with Gasteiger partial charge in [-0.25, -0.2) is 4.79 Å². The normalized spacial score (nSPS) is 26.8. The van der Waals surface area contributed by atoms with Crippen molar-refractivity contribution in [1.29, 1.82) is 0 Å². The van der Waals surface area contributed by atoms with Crippen molar-refractivity contribution in [3.05, 3.63) is 0 Å². The number of rotatable bonds is 5. The van der Waals surface area contributed by atoms with Crippen molar-refractivity contribution < 1.29 is 23.8 Å². The Morgan fingerprint density at radius 3 is 2.40 bits per heavy atom. The van der Waals surface area contributed by atoms with Gasteiger partial charge in [0.2, 0.25) is 6.29 Å². The summed E-state index contributed by atoms with van der Waals surface area (Å²) in [7, 11) is 1.31. The molecule has 0 aromatic heterocycles. The van der Waals surface area contributed by atoms with Crippen LogP contribution in [0.25, 0.3) is 0 Å². The van der Waals surface area contributed by atoms with Gasteiger partial charge in [-0.1, -0.05) is 34.6 Å². The van der Waals surface area contributed by atoms with Gasteiger partial charge in [-0.05, 0) is 18.8 Å². The van der Waals surface area contributed by atoms with Gasteiger partial charge in [0.15, 0.2) is 5.60 Å². The van der Waals surface area contributed by atoms with Crippen LogP contribution >= 0.6 is 0 Å². The van der Waals surface area contributed by atoms with Crippen molar-refractivity contribution in [3.8, 4) is 0 Å². The molecule has 1 rings (SSSR count). The van der Waals surface area contributed by atoms with Gasteiger partial charge >= 0.3 is 11.9 Å². The molecule has 116 valence electrons. The van der Waals surface area contributed by atoms with Gasteiger partial charge in [-0.2, -0.15) is 0 Å². The van der Waals surface area contributed by atoms with Crippen molar-refractivity contribution in [2.45, 2.75) is 65.8 Å². The standard InChI is InChI=1S/C15H26O5/c1-10(2)7-8-15(9-11(16)18-6)12(17)19-13(20-15)14(3,4)5/h10,13H,7-9H2,1-6H3/t13-,15+/m0/s1. The SMILES string of the molecule is COC(=O)C[C@@]1(CCC(C)C)O[C@@H](C(C)(C)C)OC1=O. The summed E-state index contributed by atoms with van der Waals surface area (Å²) in [5.41, 5.74) is -1.53. The van der Waals surface area contributed by atoms with E-state index in [9.17, 15) is 9.59 Å². The third kappa shape index (κ3) is 3.95. The van der Waals surface area contributed by atoms with Gasteiger partial charge in [0.25, 0.3) is 0 Å². The fourth-order valence-corrected chi connectivity index (χ4v) is 2.03. The molecule has 0 aromatic carbocycles. The average molecular weight is 286 g/mol. The summed E-state index contributed by atoms with van der Waals surface area (Å²) in [5.74, 6) is -0.502. The van der Waals surface area contributed by atoms with Crippen molar-refractivity contribution in [3.63, 3.8) is 0 Å². The monoisotopic (exact) mass is 286 g/mol. The lowest BCUT2D eigenvalue weighted by Crippen LogP contribution is -2.40. The van der Waals surface area contributed by atoms with Crippen molar-refractivity contribution in [2.24, 2.45) is 11.3 Å². The highest BCUT2D eigenvalue weighted by Gasteiger charge is 2.54. The summed E-state index contributed by atoms with van der Waals surface area (Å²) in [6.45, 7) is 9.92. The van der Waals surface area contributed by atoms with Crippen LogP contribution in [0.3, 0.4) is 0 Å². The van der Waals surface area contributed by atoms with Crippen LogP contribution in [-0.2, 0) is 23.8 Å². The molecule has 1 fully saturated rings. The number of carbonyl (C=O) groups is 2. The Kier molecular flexibility index (Phi) is 5.19. The first-order chi connectivity index (χ1) is 9.10. The minimum absolute atomic E-state index is 0.0956. The first-order valence-corrected chi connectivity index (χ1v) is 7.06. The number of carbonyl (C=O) groups excluding carboxylic acids is 2. The van der Waals surface area contributed by atoms with E-state index in [1.807, 2.05) is 20.8 Å². The highest BCUT2D eigenvalue weighted by atomic mass is 16.8. The lowest BCUT2D eigenvalue weighted by molar-refractivity contribution is -0.163. The fourth-order valence-electron chi connectivity index (χ4n) is 2.03. The van der Waals surface area contributed by atoms with Gasteiger partial charge < -0.3 is 14.2 Å². The smallest absolute Gasteiger partial charge is 0.341 e. The van der Waals surface area contributed by atoms with E-state index in [0.717, 1.165) is 6.42 Å². The van der Waals surface area contributed by atoms with Crippen LogP contribution in [0.15, 0.2) is 0 Å². The topological polar surface area (TPSA) is 61.8 Å². The maximum absolute atomic E-state index is 12.3. The molecule has 1 heterocycles. The summed E-state index contributed by atoms with van der Waals surface area (Å²) in [6.07, 6.45) is 0.516. The summed E-state index contributed by atoms with van der Waals surface area (Å²) < 4.78 is 15.9. The van der Waals surface area contributed by atoms with Crippen LogP contribution < -0.4 is 0 Å². The molecule has 0 amide bonds. The minimum atomic E-state index is -1.20. The van der Waals surface area contributed by atoms with E-state index in [4.69, 9.17) is 9.47 Å². The first kappa shape index (κ1) is 17.0. The number of hydrogen-bond acceptors (Lipinski definition) is 5. The summed E-state index contributed by atoms with van der Waals surface area (Å²) >= 11 is 0. The van der Waals surface area contributed by atoms with E-state index in [1.54, 1.807) is 0 Å². The van der Waals surface area contributed by atoms with Crippen molar-refractivity contribution in [2.75, 3.05) is 7.11 Å². The van der Waals surface area contributed by atoms with E-state index in [-0.39, 0.29) is 11.8 Å². The molecule has 2 atom stereocenters. The zero-order valence-electron chi connectivity index (χ0n) is 13.3. The molecule has 5 nitrogen and oxygen atoms in total. The van der Waals surface area contributed by atoms with Gasteiger partial charge in [-0.15, -0.1) is 0 Å². The van der Waals surface area contributed by atoms with Crippen molar-refractivity contribution >= 4 is 11.9 Å². The van der Waals surface area contributed by atoms with E-state index < -0.39 is 23.8 Å². The van der Waals surface area contributed by atoms with Crippen LogP contribution in [0.2, 0.25) is 0 Å². The third-order valence-corrected chi connectivity index (χ3v) is 3.41. The second-order valence-corrected chi connectivity index (χ2v) is 6.90. The lowest BCUT2D eigenvalue weighted by atomic mass is 9.90.